The van der Waals surface area contributed by atoms with Crippen molar-refractivity contribution in [2.24, 2.45) is 0 Å². The molecule has 4 nitrogen and oxygen atoms in total. The number of nitrogens with one attached hydrogen (secondary N) is 1. The van der Waals surface area contributed by atoms with E-state index in [-0.39, 0.29) is 24.2 Å². The minimum atomic E-state index is -0.544. The maximum Gasteiger partial charge on any atom is 0.254 e. The first-order valence-electron chi connectivity index (χ1n) is 8.13. The summed E-state index contributed by atoms with van der Waals surface area (Å²) in [5.74, 6) is -1.26. The van der Waals surface area contributed by atoms with Crippen LogP contribution in [0.5, 0.6) is 0 Å². The van der Waals surface area contributed by atoms with Crippen molar-refractivity contribution in [3.63, 3.8) is 0 Å². The van der Waals surface area contributed by atoms with Gasteiger partial charge in [0.1, 0.15) is 17.7 Å². The molecule has 0 unspecified atom stereocenters. The van der Waals surface area contributed by atoms with Crippen LogP contribution in [0.4, 0.5) is 8.78 Å². The molecule has 1 aliphatic heterocycles. The summed E-state index contributed by atoms with van der Waals surface area (Å²) in [4.78, 5) is 26.5. The zero-order valence-corrected chi connectivity index (χ0v) is 13.5. The van der Waals surface area contributed by atoms with Gasteiger partial charge >= 0.3 is 0 Å². The second kappa shape index (κ2) is 7.42. The molecule has 0 aliphatic carbocycles. The highest BCUT2D eigenvalue weighted by atomic mass is 19.1. The summed E-state index contributed by atoms with van der Waals surface area (Å²) in [5.41, 5.74) is 1.14. The predicted octanol–water partition coefficient (Wildman–Crippen LogP) is 2.89. The van der Waals surface area contributed by atoms with Gasteiger partial charge < -0.3 is 10.2 Å². The first-order chi connectivity index (χ1) is 12.0. The first kappa shape index (κ1) is 17.1. The Hall–Kier alpha value is -2.76. The highest BCUT2D eigenvalue weighted by Gasteiger charge is 2.34. The van der Waals surface area contributed by atoms with Gasteiger partial charge in [-0.05, 0) is 54.8 Å². The summed E-state index contributed by atoms with van der Waals surface area (Å²) in [7, 11) is 0. The van der Waals surface area contributed by atoms with Crippen molar-refractivity contribution in [1.29, 1.82) is 0 Å². The van der Waals surface area contributed by atoms with Gasteiger partial charge in [-0.2, -0.15) is 0 Å². The van der Waals surface area contributed by atoms with Crippen LogP contribution in [-0.4, -0.2) is 29.3 Å². The normalized spacial score (nSPS) is 16.7. The quantitative estimate of drug-likeness (QED) is 0.927. The number of likely N-dealkylation sites (tertiary alicyclic amines) is 1. The maximum absolute atomic E-state index is 13.0. The van der Waals surface area contributed by atoms with Crippen molar-refractivity contribution in [3.8, 4) is 0 Å². The lowest BCUT2D eigenvalue weighted by Crippen LogP contribution is -2.45. The van der Waals surface area contributed by atoms with E-state index in [9.17, 15) is 18.4 Å². The first-order valence-corrected chi connectivity index (χ1v) is 8.13. The number of hydrogen-bond donors (Lipinski definition) is 1. The summed E-state index contributed by atoms with van der Waals surface area (Å²) in [5, 5.41) is 2.79. The Morgan fingerprint density at radius 1 is 1.00 bits per heavy atom. The van der Waals surface area contributed by atoms with Gasteiger partial charge in [-0.25, -0.2) is 8.78 Å². The summed E-state index contributed by atoms with van der Waals surface area (Å²) in [6.07, 6.45) is 1.32. The average Bonchev–Trinajstić information content (AvgIpc) is 3.11. The molecule has 0 spiro atoms. The van der Waals surface area contributed by atoms with Gasteiger partial charge in [-0.1, -0.05) is 12.1 Å². The number of amides is 2. The summed E-state index contributed by atoms with van der Waals surface area (Å²) >= 11 is 0. The van der Waals surface area contributed by atoms with E-state index < -0.39 is 11.9 Å². The average molecular weight is 344 g/mol. The number of halogens is 2. The Morgan fingerprint density at radius 2 is 1.60 bits per heavy atom. The Labute approximate surface area is 144 Å². The van der Waals surface area contributed by atoms with E-state index in [4.69, 9.17) is 0 Å². The monoisotopic (exact) mass is 344 g/mol. The van der Waals surface area contributed by atoms with E-state index in [1.165, 1.54) is 41.3 Å². The standard InChI is InChI=1S/C19H18F2N2O2/c20-15-7-3-13(4-8-15)12-22-18(24)17-2-1-11-23(17)19(25)14-5-9-16(21)10-6-14/h3-10,17H,1-2,11-12H2,(H,22,24)/t17-/m1/s1. The highest BCUT2D eigenvalue weighted by molar-refractivity contribution is 5.97. The molecule has 0 radical (unpaired) electrons. The van der Waals surface area contributed by atoms with Crippen molar-refractivity contribution in [3.05, 3.63) is 71.3 Å². The van der Waals surface area contributed by atoms with Crippen LogP contribution in [0.1, 0.15) is 28.8 Å². The molecule has 6 heteroatoms. The third-order valence-corrected chi connectivity index (χ3v) is 4.29. The summed E-state index contributed by atoms with van der Waals surface area (Å²) in [6, 6.07) is 10.6. The van der Waals surface area contributed by atoms with Crippen molar-refractivity contribution in [1.82, 2.24) is 10.2 Å². The smallest absolute Gasteiger partial charge is 0.254 e. The van der Waals surface area contributed by atoms with Crippen LogP contribution in [0, 0.1) is 11.6 Å². The Balaban J connectivity index is 1.64. The topological polar surface area (TPSA) is 49.4 Å². The molecule has 2 aromatic carbocycles. The van der Waals surface area contributed by atoms with E-state index in [2.05, 4.69) is 5.32 Å². The summed E-state index contributed by atoms with van der Waals surface area (Å²) in [6.45, 7) is 0.763. The molecule has 25 heavy (non-hydrogen) atoms. The minimum Gasteiger partial charge on any atom is -0.350 e. The molecule has 2 aromatic rings. The third-order valence-electron chi connectivity index (χ3n) is 4.29. The van der Waals surface area contributed by atoms with Crippen LogP contribution in [0.25, 0.3) is 0 Å². The number of benzene rings is 2. The van der Waals surface area contributed by atoms with Crippen LogP contribution in [0.2, 0.25) is 0 Å². The zero-order valence-electron chi connectivity index (χ0n) is 13.5. The van der Waals surface area contributed by atoms with Crippen LogP contribution >= 0.6 is 0 Å². The molecule has 1 saturated heterocycles. The Kier molecular flexibility index (Phi) is 5.07. The van der Waals surface area contributed by atoms with Crippen molar-refractivity contribution < 1.29 is 18.4 Å². The van der Waals surface area contributed by atoms with E-state index in [0.29, 0.717) is 18.5 Å². The van der Waals surface area contributed by atoms with E-state index in [0.717, 1.165) is 12.0 Å². The number of hydrogen-bond acceptors (Lipinski definition) is 2. The SMILES string of the molecule is O=C(NCc1ccc(F)cc1)[C@H]1CCCN1C(=O)c1ccc(F)cc1. The number of carbonyl (C=O) groups excluding carboxylic acids is 2. The fraction of sp³-hybridized carbons (Fsp3) is 0.263. The van der Waals surface area contributed by atoms with Gasteiger partial charge in [0.25, 0.3) is 5.91 Å². The van der Waals surface area contributed by atoms with E-state index in [1.54, 1.807) is 12.1 Å². The van der Waals surface area contributed by atoms with Crippen molar-refractivity contribution >= 4 is 11.8 Å². The van der Waals surface area contributed by atoms with Crippen molar-refractivity contribution in [2.75, 3.05) is 6.54 Å². The van der Waals surface area contributed by atoms with E-state index in [1.807, 2.05) is 0 Å². The molecule has 2 amide bonds. The van der Waals surface area contributed by atoms with E-state index >= 15 is 0 Å². The minimum absolute atomic E-state index is 0.239. The lowest BCUT2D eigenvalue weighted by molar-refractivity contribution is -0.125. The molecule has 0 saturated carbocycles. The molecule has 1 fully saturated rings. The number of carbonyl (C=O) groups is 2. The molecule has 1 atom stereocenters. The molecule has 1 N–H and O–H groups in total. The second-order valence-corrected chi connectivity index (χ2v) is 6.01. The molecule has 1 aliphatic rings. The van der Waals surface area contributed by atoms with Gasteiger partial charge in [-0.15, -0.1) is 0 Å². The molecule has 1 heterocycles. The molecule has 3 rings (SSSR count). The maximum atomic E-state index is 13.0. The highest BCUT2D eigenvalue weighted by Crippen LogP contribution is 2.20. The fourth-order valence-corrected chi connectivity index (χ4v) is 2.95. The zero-order chi connectivity index (χ0) is 17.8. The lowest BCUT2D eigenvalue weighted by Gasteiger charge is -2.24. The summed E-state index contributed by atoms with van der Waals surface area (Å²) < 4.78 is 25.9. The second-order valence-electron chi connectivity index (χ2n) is 6.01. The van der Waals surface area contributed by atoms with Crippen LogP contribution in [-0.2, 0) is 11.3 Å². The van der Waals surface area contributed by atoms with Crippen LogP contribution < -0.4 is 5.32 Å². The van der Waals surface area contributed by atoms with Crippen LogP contribution in [0.15, 0.2) is 48.5 Å². The fourth-order valence-electron chi connectivity index (χ4n) is 2.95. The van der Waals surface area contributed by atoms with Crippen LogP contribution in [0.3, 0.4) is 0 Å². The largest absolute Gasteiger partial charge is 0.350 e. The van der Waals surface area contributed by atoms with Crippen molar-refractivity contribution in [2.45, 2.75) is 25.4 Å². The molecular weight excluding hydrogens is 326 g/mol. The molecule has 130 valence electrons. The van der Waals surface area contributed by atoms with Gasteiger partial charge in [-0.3, -0.25) is 9.59 Å². The Bertz CT molecular complexity index is 760. The lowest BCUT2D eigenvalue weighted by atomic mass is 10.1. The number of rotatable bonds is 4. The number of nitrogens with zero attached hydrogens (tertiary/aromatic N) is 1. The van der Waals surface area contributed by atoms with Gasteiger partial charge in [0, 0.05) is 18.7 Å². The van der Waals surface area contributed by atoms with Gasteiger partial charge in [0.15, 0.2) is 0 Å². The van der Waals surface area contributed by atoms with Gasteiger partial charge in [0.2, 0.25) is 5.91 Å². The molecular formula is C19H18F2N2O2. The van der Waals surface area contributed by atoms with Gasteiger partial charge in [0.05, 0.1) is 0 Å². The molecule has 0 bridgehead atoms. The Morgan fingerprint density at radius 3 is 2.24 bits per heavy atom. The molecule has 0 aromatic heterocycles. The predicted molar refractivity (Wildman–Crippen MR) is 88.7 cm³/mol. The third kappa shape index (κ3) is 4.02.